The van der Waals surface area contributed by atoms with Gasteiger partial charge in [0.1, 0.15) is 6.10 Å². The molecule has 0 atom stereocenters. The fourth-order valence-corrected chi connectivity index (χ4v) is 4.75. The first kappa shape index (κ1) is 17.8. The highest BCUT2D eigenvalue weighted by Gasteiger charge is 2.22. The predicted octanol–water partition coefficient (Wildman–Crippen LogP) is 4.48. The standard InChI is InChI=1S/C22H24N4OS/c1-2-7-18(6-1)27-22-16(5-3-10-23-22)14-26-11-9-19-17(15-26)13-24-21(25-19)20-8-4-12-28-20/h3-5,8,10,12-13,18H,1-2,6-7,9,11,14-15H2. The normalized spacial score (nSPS) is 17.6. The van der Waals surface area contributed by atoms with Crippen LogP contribution in [0.4, 0.5) is 0 Å². The molecule has 1 aliphatic heterocycles. The molecule has 0 saturated heterocycles. The number of thiophene rings is 1. The van der Waals surface area contributed by atoms with Gasteiger partial charge in [-0.2, -0.15) is 0 Å². The van der Waals surface area contributed by atoms with Gasteiger partial charge in [-0.15, -0.1) is 11.3 Å². The molecule has 3 aromatic heterocycles. The maximum absolute atomic E-state index is 6.21. The van der Waals surface area contributed by atoms with Crippen LogP contribution in [-0.4, -0.2) is 32.5 Å². The molecule has 1 aliphatic carbocycles. The molecular weight excluding hydrogens is 368 g/mol. The minimum atomic E-state index is 0.333. The number of ether oxygens (including phenoxy) is 1. The van der Waals surface area contributed by atoms with E-state index in [1.165, 1.54) is 29.7 Å². The highest BCUT2D eigenvalue weighted by molar-refractivity contribution is 7.13. The summed E-state index contributed by atoms with van der Waals surface area (Å²) in [5.74, 6) is 1.66. The van der Waals surface area contributed by atoms with E-state index in [9.17, 15) is 0 Å². The van der Waals surface area contributed by atoms with E-state index in [2.05, 4.69) is 32.4 Å². The minimum Gasteiger partial charge on any atom is -0.474 e. The van der Waals surface area contributed by atoms with Crippen molar-refractivity contribution in [2.24, 2.45) is 0 Å². The summed E-state index contributed by atoms with van der Waals surface area (Å²) in [6, 6.07) is 8.27. The Morgan fingerprint density at radius 1 is 1.14 bits per heavy atom. The molecule has 0 amide bonds. The van der Waals surface area contributed by atoms with Crippen LogP contribution in [0.15, 0.2) is 42.0 Å². The second kappa shape index (κ2) is 7.97. The summed E-state index contributed by atoms with van der Waals surface area (Å²) in [5, 5.41) is 2.07. The summed E-state index contributed by atoms with van der Waals surface area (Å²) in [6.45, 7) is 2.71. The molecule has 0 aromatic carbocycles. The van der Waals surface area contributed by atoms with Gasteiger partial charge in [0, 0.05) is 49.6 Å². The first-order valence-corrected chi connectivity index (χ1v) is 10.9. The number of hydrogen-bond donors (Lipinski definition) is 0. The van der Waals surface area contributed by atoms with Gasteiger partial charge in [-0.05, 0) is 43.2 Å². The molecule has 1 fully saturated rings. The Bertz CT molecular complexity index is 937. The monoisotopic (exact) mass is 392 g/mol. The van der Waals surface area contributed by atoms with Gasteiger partial charge < -0.3 is 4.74 Å². The van der Waals surface area contributed by atoms with E-state index in [1.807, 2.05) is 24.5 Å². The molecule has 0 spiro atoms. The van der Waals surface area contributed by atoms with Gasteiger partial charge in [-0.25, -0.2) is 15.0 Å². The van der Waals surface area contributed by atoms with Crippen molar-refractivity contribution in [3.05, 3.63) is 58.9 Å². The average molecular weight is 393 g/mol. The molecule has 0 unspecified atom stereocenters. The fraction of sp³-hybridized carbons (Fsp3) is 0.409. The molecule has 1 saturated carbocycles. The summed E-state index contributed by atoms with van der Waals surface area (Å²) in [6.07, 6.45) is 9.96. The number of hydrogen-bond acceptors (Lipinski definition) is 6. The lowest BCUT2D eigenvalue weighted by Crippen LogP contribution is -2.31. The van der Waals surface area contributed by atoms with E-state index < -0.39 is 0 Å². The number of rotatable bonds is 5. The van der Waals surface area contributed by atoms with Crippen molar-refractivity contribution in [3.8, 4) is 16.6 Å². The highest BCUT2D eigenvalue weighted by atomic mass is 32.1. The molecule has 28 heavy (non-hydrogen) atoms. The molecule has 2 aliphatic rings. The van der Waals surface area contributed by atoms with Gasteiger partial charge in [0.25, 0.3) is 0 Å². The van der Waals surface area contributed by atoms with Crippen LogP contribution in [0.1, 0.15) is 42.5 Å². The molecule has 144 valence electrons. The van der Waals surface area contributed by atoms with Gasteiger partial charge in [-0.1, -0.05) is 12.1 Å². The van der Waals surface area contributed by atoms with E-state index >= 15 is 0 Å². The SMILES string of the molecule is c1csc(-c2ncc3c(n2)CCN(Cc2cccnc2OC2CCCC2)C3)c1. The van der Waals surface area contributed by atoms with E-state index in [4.69, 9.17) is 9.72 Å². The zero-order valence-corrected chi connectivity index (χ0v) is 16.7. The van der Waals surface area contributed by atoms with Crippen LogP contribution in [0.2, 0.25) is 0 Å². The Labute approximate surface area is 169 Å². The molecule has 6 heteroatoms. The topological polar surface area (TPSA) is 51.1 Å². The second-order valence-corrected chi connectivity index (χ2v) is 8.54. The fourth-order valence-electron chi connectivity index (χ4n) is 4.09. The lowest BCUT2D eigenvalue weighted by Gasteiger charge is -2.28. The van der Waals surface area contributed by atoms with Gasteiger partial charge in [-0.3, -0.25) is 4.90 Å². The average Bonchev–Trinajstić information content (AvgIpc) is 3.43. The summed E-state index contributed by atoms with van der Waals surface area (Å²) in [4.78, 5) is 17.5. The van der Waals surface area contributed by atoms with Crippen molar-refractivity contribution in [3.63, 3.8) is 0 Å². The Morgan fingerprint density at radius 3 is 2.93 bits per heavy atom. The lowest BCUT2D eigenvalue weighted by atomic mass is 10.1. The van der Waals surface area contributed by atoms with Crippen LogP contribution in [0, 0.1) is 0 Å². The lowest BCUT2D eigenvalue weighted by molar-refractivity contribution is 0.190. The number of nitrogens with zero attached hydrogens (tertiary/aromatic N) is 4. The largest absolute Gasteiger partial charge is 0.474 e. The van der Waals surface area contributed by atoms with Gasteiger partial charge in [0.05, 0.1) is 10.6 Å². The Kier molecular flexibility index (Phi) is 5.06. The molecule has 0 radical (unpaired) electrons. The van der Waals surface area contributed by atoms with Gasteiger partial charge in [0.2, 0.25) is 5.88 Å². The van der Waals surface area contributed by atoms with E-state index in [0.717, 1.165) is 55.5 Å². The molecule has 5 nitrogen and oxygen atoms in total. The molecule has 4 heterocycles. The van der Waals surface area contributed by atoms with E-state index in [0.29, 0.717) is 6.10 Å². The summed E-state index contributed by atoms with van der Waals surface area (Å²) >= 11 is 1.69. The van der Waals surface area contributed by atoms with E-state index in [-0.39, 0.29) is 0 Å². The summed E-state index contributed by atoms with van der Waals surface area (Å²) < 4.78 is 6.21. The first-order chi connectivity index (χ1) is 13.8. The third-order valence-corrected chi connectivity index (χ3v) is 6.44. The zero-order valence-electron chi connectivity index (χ0n) is 15.9. The van der Waals surface area contributed by atoms with Crippen molar-refractivity contribution < 1.29 is 4.74 Å². The van der Waals surface area contributed by atoms with Crippen LogP contribution < -0.4 is 4.74 Å². The van der Waals surface area contributed by atoms with Gasteiger partial charge in [0.15, 0.2) is 5.82 Å². The molecule has 5 rings (SSSR count). The predicted molar refractivity (Wildman–Crippen MR) is 110 cm³/mol. The number of aromatic nitrogens is 3. The maximum Gasteiger partial charge on any atom is 0.218 e. The minimum absolute atomic E-state index is 0.333. The Hall–Kier alpha value is -2.31. The van der Waals surface area contributed by atoms with Crippen LogP contribution in [0.5, 0.6) is 5.88 Å². The van der Waals surface area contributed by atoms with Crippen molar-refractivity contribution in [2.75, 3.05) is 6.54 Å². The van der Waals surface area contributed by atoms with E-state index in [1.54, 1.807) is 11.3 Å². The van der Waals surface area contributed by atoms with Crippen molar-refractivity contribution >= 4 is 11.3 Å². The quantitative estimate of drug-likeness (QED) is 0.641. The Morgan fingerprint density at radius 2 is 2.07 bits per heavy atom. The highest BCUT2D eigenvalue weighted by Crippen LogP contribution is 2.28. The third-order valence-electron chi connectivity index (χ3n) is 5.58. The van der Waals surface area contributed by atoms with Crippen molar-refractivity contribution in [2.45, 2.75) is 51.3 Å². The van der Waals surface area contributed by atoms with Crippen LogP contribution in [0.25, 0.3) is 10.7 Å². The maximum atomic E-state index is 6.21. The van der Waals surface area contributed by atoms with Crippen molar-refractivity contribution in [1.29, 1.82) is 0 Å². The van der Waals surface area contributed by atoms with Gasteiger partial charge >= 0.3 is 0 Å². The number of pyridine rings is 1. The first-order valence-electron chi connectivity index (χ1n) is 10.1. The molecule has 0 bridgehead atoms. The third kappa shape index (κ3) is 3.80. The smallest absolute Gasteiger partial charge is 0.218 e. The van der Waals surface area contributed by atoms with Crippen molar-refractivity contribution in [1.82, 2.24) is 19.9 Å². The van der Waals surface area contributed by atoms with Crippen LogP contribution in [0.3, 0.4) is 0 Å². The van der Waals surface area contributed by atoms with Crippen LogP contribution in [-0.2, 0) is 19.5 Å². The molecular formula is C22H24N4OS. The molecule has 0 N–H and O–H groups in total. The second-order valence-electron chi connectivity index (χ2n) is 7.60. The zero-order chi connectivity index (χ0) is 18.8. The van der Waals surface area contributed by atoms with Crippen LogP contribution >= 0.6 is 11.3 Å². The molecule has 3 aromatic rings. The summed E-state index contributed by atoms with van der Waals surface area (Å²) in [5.41, 5.74) is 3.59. The summed E-state index contributed by atoms with van der Waals surface area (Å²) in [7, 11) is 0. The number of fused-ring (bicyclic) bond motifs is 1. The Balaban J connectivity index is 1.29.